The van der Waals surface area contributed by atoms with Crippen molar-refractivity contribution in [3.63, 3.8) is 0 Å². The quantitative estimate of drug-likeness (QED) is 0.875. The van der Waals surface area contributed by atoms with Crippen LogP contribution in [0.1, 0.15) is 15.9 Å². The Morgan fingerprint density at radius 1 is 1.17 bits per heavy atom. The van der Waals surface area contributed by atoms with Crippen molar-refractivity contribution < 1.29 is 19.4 Å². The molecule has 0 bridgehead atoms. The smallest absolute Gasteiger partial charge is 0.336 e. The van der Waals surface area contributed by atoms with Gasteiger partial charge in [-0.15, -0.1) is 0 Å². The topological polar surface area (TPSA) is 57.5 Å². The number of rotatable bonds is 3. The zero-order valence-corrected chi connectivity index (χ0v) is 9.43. The number of benzene rings is 2. The molecule has 2 rings (SSSR count). The van der Waals surface area contributed by atoms with Crippen LogP contribution in [-0.2, 0) is 6.61 Å². The number of carboxylic acid groups (broad SMARTS) is 1. The van der Waals surface area contributed by atoms with E-state index in [1.165, 1.54) is 12.1 Å². The molecule has 0 fully saturated rings. The summed E-state index contributed by atoms with van der Waals surface area (Å²) in [6.07, 6.45) is 0. The van der Waals surface area contributed by atoms with E-state index < -0.39 is 11.8 Å². The number of aromatic carboxylic acids is 1. The summed E-state index contributed by atoms with van der Waals surface area (Å²) in [5.74, 6) is -1.61. The Morgan fingerprint density at radius 3 is 2.61 bits per heavy atom. The van der Waals surface area contributed by atoms with Crippen molar-refractivity contribution >= 4 is 5.97 Å². The normalized spacial score (nSPS) is 10.3. The van der Waals surface area contributed by atoms with Crippen LogP contribution in [-0.4, -0.2) is 16.2 Å². The van der Waals surface area contributed by atoms with Gasteiger partial charge in [0.05, 0.1) is 12.2 Å². The van der Waals surface area contributed by atoms with Crippen molar-refractivity contribution in [3.8, 4) is 11.1 Å². The summed E-state index contributed by atoms with van der Waals surface area (Å²) in [6.45, 7) is -0.147. The highest BCUT2D eigenvalue weighted by atomic mass is 19.1. The van der Waals surface area contributed by atoms with Crippen molar-refractivity contribution in [1.82, 2.24) is 0 Å². The predicted molar refractivity (Wildman–Crippen MR) is 64.7 cm³/mol. The minimum atomic E-state index is -1.11. The second kappa shape index (κ2) is 4.98. The van der Waals surface area contributed by atoms with Gasteiger partial charge in [0.2, 0.25) is 0 Å². The van der Waals surface area contributed by atoms with Gasteiger partial charge in [-0.3, -0.25) is 0 Å². The summed E-state index contributed by atoms with van der Waals surface area (Å²) in [4.78, 5) is 11.1. The fourth-order valence-electron chi connectivity index (χ4n) is 1.78. The highest BCUT2D eigenvalue weighted by molar-refractivity contribution is 5.96. The Hall–Kier alpha value is -2.20. The number of aliphatic hydroxyl groups excluding tert-OH is 1. The highest BCUT2D eigenvalue weighted by Crippen LogP contribution is 2.25. The molecule has 0 heterocycles. The second-order valence-electron chi connectivity index (χ2n) is 3.85. The van der Waals surface area contributed by atoms with Gasteiger partial charge in [-0.1, -0.05) is 18.2 Å². The summed E-state index contributed by atoms with van der Waals surface area (Å²) < 4.78 is 13.2. The zero-order chi connectivity index (χ0) is 13.1. The van der Waals surface area contributed by atoms with Crippen LogP contribution < -0.4 is 0 Å². The summed E-state index contributed by atoms with van der Waals surface area (Å²) in [5.41, 5.74) is 1.55. The average Bonchev–Trinajstić information content (AvgIpc) is 2.38. The van der Waals surface area contributed by atoms with E-state index >= 15 is 0 Å². The first-order chi connectivity index (χ1) is 8.61. The van der Waals surface area contributed by atoms with E-state index in [1.54, 1.807) is 24.3 Å². The summed E-state index contributed by atoms with van der Waals surface area (Å²) in [5, 5.41) is 18.1. The molecule has 2 aromatic rings. The Morgan fingerprint density at radius 2 is 1.94 bits per heavy atom. The van der Waals surface area contributed by atoms with Crippen LogP contribution in [0, 0.1) is 5.82 Å². The van der Waals surface area contributed by atoms with Crippen LogP contribution >= 0.6 is 0 Å². The largest absolute Gasteiger partial charge is 0.478 e. The predicted octanol–water partition coefficient (Wildman–Crippen LogP) is 2.68. The lowest BCUT2D eigenvalue weighted by molar-refractivity contribution is 0.0697. The minimum absolute atomic E-state index is 0.0338. The summed E-state index contributed by atoms with van der Waals surface area (Å²) in [7, 11) is 0. The van der Waals surface area contributed by atoms with Crippen molar-refractivity contribution in [2.75, 3.05) is 0 Å². The van der Waals surface area contributed by atoms with Gasteiger partial charge in [-0.2, -0.15) is 0 Å². The Labute approximate surface area is 103 Å². The molecule has 0 aliphatic carbocycles. The van der Waals surface area contributed by atoms with Crippen molar-refractivity contribution in [2.45, 2.75) is 6.61 Å². The van der Waals surface area contributed by atoms with E-state index in [-0.39, 0.29) is 12.2 Å². The molecule has 2 N–H and O–H groups in total. The molecule has 3 nitrogen and oxygen atoms in total. The molecule has 0 saturated heterocycles. The van der Waals surface area contributed by atoms with Gasteiger partial charge in [0.15, 0.2) is 0 Å². The monoisotopic (exact) mass is 246 g/mol. The second-order valence-corrected chi connectivity index (χ2v) is 3.85. The Bertz CT molecular complexity index is 593. The van der Waals surface area contributed by atoms with Crippen molar-refractivity contribution in [2.24, 2.45) is 0 Å². The number of hydrogen-bond donors (Lipinski definition) is 2. The van der Waals surface area contributed by atoms with E-state index in [2.05, 4.69) is 0 Å². The summed E-state index contributed by atoms with van der Waals surface area (Å²) in [6, 6.07) is 10.3. The summed E-state index contributed by atoms with van der Waals surface area (Å²) >= 11 is 0. The van der Waals surface area contributed by atoms with Gasteiger partial charge in [-0.25, -0.2) is 9.18 Å². The molecule has 18 heavy (non-hydrogen) atoms. The molecular weight excluding hydrogens is 235 g/mol. The van der Waals surface area contributed by atoms with Crippen molar-refractivity contribution in [3.05, 3.63) is 59.4 Å². The number of aliphatic hydroxyl groups is 1. The van der Waals surface area contributed by atoms with Gasteiger partial charge in [-0.05, 0) is 41.0 Å². The number of hydrogen-bond acceptors (Lipinski definition) is 2. The standard InChI is InChI=1S/C14H11FO3/c15-11-4-5-12(14(17)18)13(7-11)10-3-1-2-9(6-10)8-16/h1-7,16H,8H2,(H,17,18). The SMILES string of the molecule is O=C(O)c1ccc(F)cc1-c1cccc(CO)c1. The maximum absolute atomic E-state index is 13.2. The van der Waals surface area contributed by atoms with E-state index in [9.17, 15) is 9.18 Å². The number of halogens is 1. The van der Waals surface area contributed by atoms with Gasteiger partial charge >= 0.3 is 5.97 Å². The molecule has 0 saturated carbocycles. The lowest BCUT2D eigenvalue weighted by Gasteiger charge is -2.07. The van der Waals surface area contributed by atoms with E-state index in [0.29, 0.717) is 16.7 Å². The molecule has 0 aliphatic heterocycles. The fraction of sp³-hybridized carbons (Fsp3) is 0.0714. The zero-order valence-electron chi connectivity index (χ0n) is 9.43. The molecule has 4 heteroatoms. The highest BCUT2D eigenvalue weighted by Gasteiger charge is 2.12. The maximum atomic E-state index is 13.2. The molecule has 0 spiro atoms. The van der Waals surface area contributed by atoms with E-state index in [4.69, 9.17) is 10.2 Å². The van der Waals surface area contributed by atoms with Crippen LogP contribution in [0.5, 0.6) is 0 Å². The van der Waals surface area contributed by atoms with Gasteiger partial charge in [0.25, 0.3) is 0 Å². The van der Waals surface area contributed by atoms with E-state index in [1.807, 2.05) is 0 Å². The number of carbonyl (C=O) groups is 1. The molecule has 0 unspecified atom stereocenters. The fourth-order valence-corrected chi connectivity index (χ4v) is 1.78. The first kappa shape index (κ1) is 12.3. The molecule has 92 valence electrons. The number of carboxylic acids is 1. The first-order valence-corrected chi connectivity index (χ1v) is 5.35. The third-order valence-electron chi connectivity index (χ3n) is 2.63. The lowest BCUT2D eigenvalue weighted by atomic mass is 9.98. The molecule has 0 aliphatic rings. The van der Waals surface area contributed by atoms with Gasteiger partial charge in [0.1, 0.15) is 5.82 Å². The average molecular weight is 246 g/mol. The van der Waals surface area contributed by atoms with Gasteiger partial charge in [0, 0.05) is 0 Å². The molecule has 0 radical (unpaired) electrons. The first-order valence-electron chi connectivity index (χ1n) is 5.35. The molecular formula is C14H11FO3. The third-order valence-corrected chi connectivity index (χ3v) is 2.63. The third kappa shape index (κ3) is 2.38. The van der Waals surface area contributed by atoms with Crippen LogP contribution in [0.3, 0.4) is 0 Å². The van der Waals surface area contributed by atoms with Gasteiger partial charge < -0.3 is 10.2 Å². The Balaban J connectivity index is 2.61. The van der Waals surface area contributed by atoms with Crippen LogP contribution in [0.4, 0.5) is 4.39 Å². The van der Waals surface area contributed by atoms with Crippen LogP contribution in [0.15, 0.2) is 42.5 Å². The maximum Gasteiger partial charge on any atom is 0.336 e. The van der Waals surface area contributed by atoms with E-state index in [0.717, 1.165) is 6.07 Å². The van der Waals surface area contributed by atoms with Crippen molar-refractivity contribution in [1.29, 1.82) is 0 Å². The molecule has 0 aromatic heterocycles. The minimum Gasteiger partial charge on any atom is -0.478 e. The van der Waals surface area contributed by atoms with Crippen LogP contribution in [0.25, 0.3) is 11.1 Å². The lowest BCUT2D eigenvalue weighted by Crippen LogP contribution is -2.00. The van der Waals surface area contributed by atoms with Crippen LogP contribution in [0.2, 0.25) is 0 Å². The molecule has 0 atom stereocenters. The molecule has 0 amide bonds. The Kier molecular flexibility index (Phi) is 3.39. The molecule has 2 aromatic carbocycles.